The van der Waals surface area contributed by atoms with Crippen LogP contribution >= 0.6 is 0 Å². The predicted molar refractivity (Wildman–Crippen MR) is 74.0 cm³/mol. The predicted octanol–water partition coefficient (Wildman–Crippen LogP) is 1.05. The van der Waals surface area contributed by atoms with Crippen molar-refractivity contribution in [3.63, 3.8) is 0 Å². The molecule has 0 aliphatic carbocycles. The van der Waals surface area contributed by atoms with E-state index in [2.05, 4.69) is 15.4 Å². The van der Waals surface area contributed by atoms with Crippen LogP contribution in [0.2, 0.25) is 0 Å². The molecule has 0 atom stereocenters. The average molecular weight is 271 g/mol. The number of nitrogens with one attached hydrogen (secondary N) is 1. The van der Waals surface area contributed by atoms with Crippen LogP contribution in [0.4, 0.5) is 0 Å². The van der Waals surface area contributed by atoms with Crippen molar-refractivity contribution in [2.75, 3.05) is 13.2 Å². The van der Waals surface area contributed by atoms with Gasteiger partial charge in [-0.15, -0.1) is 0 Å². The summed E-state index contributed by atoms with van der Waals surface area (Å²) in [6, 6.07) is 9.68. The summed E-state index contributed by atoms with van der Waals surface area (Å²) in [4.78, 5) is 4.17. The van der Waals surface area contributed by atoms with Gasteiger partial charge in [-0.05, 0) is 6.07 Å². The fourth-order valence-corrected chi connectivity index (χ4v) is 1.82. The van der Waals surface area contributed by atoms with Gasteiger partial charge in [-0.25, -0.2) is 4.98 Å². The van der Waals surface area contributed by atoms with Gasteiger partial charge in [-0.3, -0.25) is 4.68 Å². The maximum Gasteiger partial charge on any atom is 0.174 e. The molecular weight excluding hydrogens is 254 g/mol. The lowest BCUT2D eigenvalue weighted by Crippen LogP contribution is -2.18. The molecule has 0 aliphatic rings. The van der Waals surface area contributed by atoms with Crippen LogP contribution in [-0.2, 0) is 20.0 Å². The number of aromatic nitrogens is 3. The van der Waals surface area contributed by atoms with Gasteiger partial charge < -0.3 is 10.1 Å². The maximum absolute atomic E-state index is 8.55. The molecule has 1 aromatic carbocycles. The van der Waals surface area contributed by atoms with E-state index in [1.165, 1.54) is 0 Å². The largest absolute Gasteiger partial charge is 0.478 e. The Bertz CT molecular complexity index is 587. The van der Waals surface area contributed by atoms with E-state index >= 15 is 0 Å². The summed E-state index contributed by atoms with van der Waals surface area (Å²) in [6.45, 7) is 1.54. The molecule has 6 nitrogen and oxygen atoms in total. The van der Waals surface area contributed by atoms with E-state index in [4.69, 9.17) is 10.00 Å². The number of aryl methyl sites for hydroxylation is 1. The van der Waals surface area contributed by atoms with E-state index in [0.717, 1.165) is 30.1 Å². The third-order valence-electron chi connectivity index (χ3n) is 2.75. The van der Waals surface area contributed by atoms with E-state index in [1.54, 1.807) is 11.0 Å². The summed E-state index contributed by atoms with van der Waals surface area (Å²) in [5, 5.41) is 16.1. The molecule has 1 N–H and O–H groups in total. The number of para-hydroxylation sites is 1. The molecule has 0 unspecified atom stereocenters. The van der Waals surface area contributed by atoms with Crippen molar-refractivity contribution < 1.29 is 4.74 Å². The molecule has 0 radical (unpaired) electrons. The van der Waals surface area contributed by atoms with E-state index in [-0.39, 0.29) is 6.61 Å². The first kappa shape index (κ1) is 14.0. The second kappa shape index (κ2) is 7.26. The third-order valence-corrected chi connectivity index (χ3v) is 2.75. The van der Waals surface area contributed by atoms with E-state index < -0.39 is 0 Å². The molecule has 104 valence electrons. The Labute approximate surface area is 118 Å². The second-order valence-corrected chi connectivity index (χ2v) is 4.32. The van der Waals surface area contributed by atoms with Gasteiger partial charge in [0.15, 0.2) is 12.4 Å². The Morgan fingerprint density at radius 2 is 2.25 bits per heavy atom. The zero-order valence-electron chi connectivity index (χ0n) is 11.4. The zero-order chi connectivity index (χ0) is 14.2. The molecule has 2 rings (SSSR count). The fourth-order valence-electron chi connectivity index (χ4n) is 1.82. The summed E-state index contributed by atoms with van der Waals surface area (Å²) in [6.07, 6.45) is 2.47. The molecule has 0 spiro atoms. The molecule has 0 amide bonds. The number of ether oxygens (including phenoxy) is 1. The van der Waals surface area contributed by atoms with Crippen molar-refractivity contribution >= 4 is 0 Å². The molecule has 0 bridgehead atoms. The van der Waals surface area contributed by atoms with Crippen LogP contribution in [0, 0.1) is 11.3 Å². The smallest absolute Gasteiger partial charge is 0.174 e. The maximum atomic E-state index is 8.55. The summed E-state index contributed by atoms with van der Waals surface area (Å²) in [5.41, 5.74) is 1.04. The van der Waals surface area contributed by atoms with Crippen molar-refractivity contribution in [2.24, 2.45) is 7.05 Å². The Hall–Kier alpha value is -2.39. The minimum atomic E-state index is 0.0644. The van der Waals surface area contributed by atoms with E-state index in [1.807, 2.05) is 37.4 Å². The number of hydrogen-bond acceptors (Lipinski definition) is 5. The Morgan fingerprint density at radius 3 is 3.00 bits per heavy atom. The van der Waals surface area contributed by atoms with E-state index in [9.17, 15) is 0 Å². The number of nitriles is 1. The summed E-state index contributed by atoms with van der Waals surface area (Å²) in [7, 11) is 1.85. The number of nitrogens with zero attached hydrogens (tertiary/aromatic N) is 4. The minimum Gasteiger partial charge on any atom is -0.478 e. The summed E-state index contributed by atoms with van der Waals surface area (Å²) < 4.78 is 7.07. The Kier molecular flexibility index (Phi) is 5.09. The monoisotopic (exact) mass is 271 g/mol. The van der Waals surface area contributed by atoms with E-state index in [0.29, 0.717) is 6.54 Å². The SMILES string of the molecule is Cn1cnc(CCNCc2ccccc2OCC#N)n1. The van der Waals surface area contributed by atoms with Gasteiger partial charge in [-0.2, -0.15) is 10.4 Å². The lowest BCUT2D eigenvalue weighted by Gasteiger charge is -2.09. The molecule has 0 aliphatic heterocycles. The van der Waals surface area contributed by atoms with Crippen LogP contribution in [-0.4, -0.2) is 27.9 Å². The average Bonchev–Trinajstić information content (AvgIpc) is 2.88. The highest BCUT2D eigenvalue weighted by molar-refractivity contribution is 5.33. The molecule has 2 aromatic rings. The van der Waals surface area contributed by atoms with Crippen LogP contribution in [0.1, 0.15) is 11.4 Å². The summed E-state index contributed by atoms with van der Waals surface area (Å²) in [5.74, 6) is 1.58. The number of rotatable bonds is 7. The lowest BCUT2D eigenvalue weighted by molar-refractivity contribution is 0.362. The van der Waals surface area contributed by atoms with Gasteiger partial charge in [0, 0.05) is 32.1 Å². The highest BCUT2D eigenvalue weighted by Gasteiger charge is 2.03. The fraction of sp³-hybridized carbons (Fsp3) is 0.357. The topological polar surface area (TPSA) is 75.8 Å². The van der Waals surface area contributed by atoms with Crippen LogP contribution in [0.3, 0.4) is 0 Å². The van der Waals surface area contributed by atoms with Crippen molar-refractivity contribution in [1.82, 2.24) is 20.1 Å². The quantitative estimate of drug-likeness (QED) is 0.762. The molecule has 20 heavy (non-hydrogen) atoms. The van der Waals surface area contributed by atoms with Crippen LogP contribution in [0.15, 0.2) is 30.6 Å². The third kappa shape index (κ3) is 4.07. The first-order valence-electron chi connectivity index (χ1n) is 6.42. The normalized spacial score (nSPS) is 10.2. The van der Waals surface area contributed by atoms with Crippen molar-refractivity contribution in [2.45, 2.75) is 13.0 Å². The van der Waals surface area contributed by atoms with Gasteiger partial charge in [0.1, 0.15) is 18.1 Å². The van der Waals surface area contributed by atoms with Gasteiger partial charge >= 0.3 is 0 Å². The van der Waals surface area contributed by atoms with Crippen LogP contribution < -0.4 is 10.1 Å². The standard InChI is InChI=1S/C14H17N5O/c1-19-11-17-14(18-19)6-8-16-10-12-4-2-3-5-13(12)20-9-7-15/h2-5,11,16H,6,8-10H2,1H3. The van der Waals surface area contributed by atoms with Gasteiger partial charge in [0.05, 0.1) is 0 Å². The molecule has 6 heteroatoms. The second-order valence-electron chi connectivity index (χ2n) is 4.32. The molecule has 1 heterocycles. The first-order valence-corrected chi connectivity index (χ1v) is 6.42. The molecular formula is C14H17N5O. The molecule has 0 saturated heterocycles. The van der Waals surface area contributed by atoms with Crippen LogP contribution in [0.25, 0.3) is 0 Å². The highest BCUT2D eigenvalue weighted by Crippen LogP contribution is 2.17. The lowest BCUT2D eigenvalue weighted by atomic mass is 10.2. The van der Waals surface area contributed by atoms with Gasteiger partial charge in [0.2, 0.25) is 0 Å². The number of hydrogen-bond donors (Lipinski definition) is 1. The first-order chi connectivity index (χ1) is 9.79. The Morgan fingerprint density at radius 1 is 1.40 bits per heavy atom. The van der Waals surface area contributed by atoms with Crippen LogP contribution in [0.5, 0.6) is 5.75 Å². The highest BCUT2D eigenvalue weighted by atomic mass is 16.5. The van der Waals surface area contributed by atoms with Crippen molar-refractivity contribution in [3.8, 4) is 11.8 Å². The van der Waals surface area contributed by atoms with Crippen molar-refractivity contribution in [1.29, 1.82) is 5.26 Å². The molecule has 1 aromatic heterocycles. The van der Waals surface area contributed by atoms with Crippen molar-refractivity contribution in [3.05, 3.63) is 42.0 Å². The zero-order valence-corrected chi connectivity index (χ0v) is 11.4. The minimum absolute atomic E-state index is 0.0644. The molecule has 0 fully saturated rings. The molecule has 0 saturated carbocycles. The summed E-state index contributed by atoms with van der Waals surface area (Å²) >= 11 is 0. The van der Waals surface area contributed by atoms with Gasteiger partial charge in [-0.1, -0.05) is 18.2 Å². The van der Waals surface area contributed by atoms with Gasteiger partial charge in [0.25, 0.3) is 0 Å². The Balaban J connectivity index is 1.80. The number of benzene rings is 1.